The number of aldehydes is 1. The Morgan fingerprint density at radius 3 is 2.74 bits per heavy atom. The summed E-state index contributed by atoms with van der Waals surface area (Å²) in [6, 6.07) is 0.468. The molecule has 0 spiro atoms. The first kappa shape index (κ1) is 17.1. The van der Waals surface area contributed by atoms with Crippen LogP contribution in [-0.4, -0.2) is 38.0 Å². The summed E-state index contributed by atoms with van der Waals surface area (Å²) in [5.41, 5.74) is 1.81. The molecule has 0 amide bonds. The maximum absolute atomic E-state index is 11.6. The molecule has 3 aliphatic rings. The van der Waals surface area contributed by atoms with Gasteiger partial charge in [0, 0.05) is 12.0 Å². The highest BCUT2D eigenvalue weighted by atomic mass is 16.5. The van der Waals surface area contributed by atoms with Crippen molar-refractivity contribution in [2.45, 2.75) is 70.7 Å². The van der Waals surface area contributed by atoms with E-state index in [1.165, 1.54) is 25.7 Å². The van der Waals surface area contributed by atoms with Gasteiger partial charge in [-0.15, -0.1) is 0 Å². The van der Waals surface area contributed by atoms with Gasteiger partial charge >= 0.3 is 0 Å². The number of aromatic nitrogens is 4. The molecule has 1 aliphatic heterocycles. The van der Waals surface area contributed by atoms with E-state index < -0.39 is 0 Å². The number of imidazole rings is 1. The zero-order valence-electron chi connectivity index (χ0n) is 16.0. The summed E-state index contributed by atoms with van der Waals surface area (Å²) in [7, 11) is 0. The third kappa shape index (κ3) is 2.83. The second-order valence-electron chi connectivity index (χ2n) is 9.20. The van der Waals surface area contributed by atoms with Crippen LogP contribution < -0.4 is 5.32 Å². The minimum atomic E-state index is -0.336. The zero-order valence-corrected chi connectivity index (χ0v) is 16.0. The molecule has 144 valence electrons. The standard InChI is InChI=1S/C20H27N5O2/c1-20(2)7-13-14(8-20)19(27-15(13)9-26)25-11-23-16-17(21-10-22-18(16)25)24-12-5-3-4-6-12/h9-15,19H,3-8H2,1-2H3,(H,21,22,24)/t13-,14+,15+,19?/m0/s1. The van der Waals surface area contributed by atoms with Crippen molar-refractivity contribution in [2.24, 2.45) is 17.3 Å². The van der Waals surface area contributed by atoms with Gasteiger partial charge in [-0.1, -0.05) is 26.7 Å². The lowest BCUT2D eigenvalue weighted by Gasteiger charge is -2.23. The molecule has 3 heterocycles. The van der Waals surface area contributed by atoms with E-state index in [0.29, 0.717) is 12.0 Å². The van der Waals surface area contributed by atoms with Crippen LogP contribution in [0.2, 0.25) is 0 Å². The Morgan fingerprint density at radius 1 is 1.19 bits per heavy atom. The molecule has 27 heavy (non-hydrogen) atoms. The van der Waals surface area contributed by atoms with Crippen molar-refractivity contribution in [1.82, 2.24) is 19.5 Å². The van der Waals surface area contributed by atoms with Crippen LogP contribution in [0.15, 0.2) is 12.7 Å². The summed E-state index contributed by atoms with van der Waals surface area (Å²) in [5.74, 6) is 1.39. The van der Waals surface area contributed by atoms with Crippen LogP contribution in [0.25, 0.3) is 11.2 Å². The Hall–Kier alpha value is -2.02. The van der Waals surface area contributed by atoms with Gasteiger partial charge < -0.3 is 14.8 Å². The SMILES string of the molecule is CC1(C)C[C@@H]2[C@@H](C=O)OC(n3cnc4c(NC5CCCC5)ncnc43)[C@@H]2C1. The molecule has 0 bridgehead atoms. The first-order valence-electron chi connectivity index (χ1n) is 10.1. The minimum absolute atomic E-state index is 0.189. The van der Waals surface area contributed by atoms with Gasteiger partial charge in [0.2, 0.25) is 0 Å². The lowest BCUT2D eigenvalue weighted by Crippen LogP contribution is -2.20. The maximum Gasteiger partial charge on any atom is 0.167 e. The fraction of sp³-hybridized carbons (Fsp3) is 0.700. The number of rotatable bonds is 4. The number of hydrogen-bond donors (Lipinski definition) is 1. The average Bonchev–Trinajstić information content (AvgIpc) is 3.38. The van der Waals surface area contributed by atoms with Gasteiger partial charge in [-0.25, -0.2) is 15.0 Å². The van der Waals surface area contributed by atoms with Crippen LogP contribution in [0.5, 0.6) is 0 Å². The first-order chi connectivity index (χ1) is 13.1. The van der Waals surface area contributed by atoms with E-state index >= 15 is 0 Å². The lowest BCUT2D eigenvalue weighted by atomic mass is 9.89. The van der Waals surface area contributed by atoms with E-state index in [9.17, 15) is 4.79 Å². The number of carbonyl (C=O) groups is 1. The van der Waals surface area contributed by atoms with Crippen molar-refractivity contribution >= 4 is 23.3 Å². The Kier molecular flexibility index (Phi) is 3.96. The van der Waals surface area contributed by atoms with Gasteiger partial charge in [0.25, 0.3) is 0 Å². The zero-order chi connectivity index (χ0) is 18.6. The van der Waals surface area contributed by atoms with Gasteiger partial charge in [0.1, 0.15) is 24.9 Å². The Balaban J connectivity index is 1.49. The highest BCUT2D eigenvalue weighted by molar-refractivity contribution is 5.82. The molecule has 7 heteroatoms. The molecule has 2 aliphatic carbocycles. The molecular weight excluding hydrogens is 342 g/mol. The van der Waals surface area contributed by atoms with Crippen molar-refractivity contribution in [3.05, 3.63) is 12.7 Å². The molecule has 1 N–H and O–H groups in total. The van der Waals surface area contributed by atoms with Crippen LogP contribution >= 0.6 is 0 Å². The van der Waals surface area contributed by atoms with E-state index in [0.717, 1.165) is 36.1 Å². The summed E-state index contributed by atoms with van der Waals surface area (Å²) in [4.78, 5) is 25.2. The molecule has 0 radical (unpaired) electrons. The molecule has 3 fully saturated rings. The number of ether oxygens (including phenoxy) is 1. The summed E-state index contributed by atoms with van der Waals surface area (Å²) >= 11 is 0. The number of nitrogens with zero attached hydrogens (tertiary/aromatic N) is 4. The monoisotopic (exact) mass is 369 g/mol. The average molecular weight is 369 g/mol. The van der Waals surface area contributed by atoms with Crippen molar-refractivity contribution < 1.29 is 9.53 Å². The molecular formula is C20H27N5O2. The Morgan fingerprint density at radius 2 is 1.96 bits per heavy atom. The van der Waals surface area contributed by atoms with Gasteiger partial charge in [-0.2, -0.15) is 0 Å². The van der Waals surface area contributed by atoms with E-state index in [-0.39, 0.29) is 23.7 Å². The smallest absolute Gasteiger partial charge is 0.167 e. The third-order valence-corrected chi connectivity index (χ3v) is 6.67. The molecule has 0 aromatic carbocycles. The summed E-state index contributed by atoms with van der Waals surface area (Å²) < 4.78 is 8.18. The number of nitrogens with one attached hydrogen (secondary N) is 1. The molecule has 7 nitrogen and oxygen atoms in total. The van der Waals surface area contributed by atoms with E-state index in [1.807, 2.05) is 4.57 Å². The topological polar surface area (TPSA) is 81.9 Å². The lowest BCUT2D eigenvalue weighted by molar-refractivity contribution is -0.121. The number of fused-ring (bicyclic) bond motifs is 2. The van der Waals surface area contributed by atoms with E-state index in [2.05, 4.69) is 34.1 Å². The first-order valence-corrected chi connectivity index (χ1v) is 10.1. The summed E-state index contributed by atoms with van der Waals surface area (Å²) in [6.45, 7) is 4.56. The Labute approximate surface area is 158 Å². The fourth-order valence-corrected chi connectivity index (χ4v) is 5.51. The largest absolute Gasteiger partial charge is 0.365 e. The molecule has 2 aromatic rings. The molecule has 1 saturated heterocycles. The minimum Gasteiger partial charge on any atom is -0.365 e. The molecule has 1 unspecified atom stereocenters. The normalized spacial score (nSPS) is 32.8. The fourth-order valence-electron chi connectivity index (χ4n) is 5.51. The highest BCUT2D eigenvalue weighted by Crippen LogP contribution is 2.55. The predicted octanol–water partition coefficient (Wildman–Crippen LogP) is 3.33. The van der Waals surface area contributed by atoms with Crippen LogP contribution in [-0.2, 0) is 9.53 Å². The van der Waals surface area contributed by atoms with Crippen molar-refractivity contribution in [1.29, 1.82) is 0 Å². The maximum atomic E-state index is 11.6. The van der Waals surface area contributed by atoms with Crippen molar-refractivity contribution in [3.8, 4) is 0 Å². The second kappa shape index (κ2) is 6.26. The van der Waals surface area contributed by atoms with E-state index in [1.54, 1.807) is 12.7 Å². The molecule has 5 rings (SSSR count). The number of hydrogen-bond acceptors (Lipinski definition) is 6. The highest BCUT2D eigenvalue weighted by Gasteiger charge is 2.53. The predicted molar refractivity (Wildman–Crippen MR) is 101 cm³/mol. The molecule has 2 aromatic heterocycles. The van der Waals surface area contributed by atoms with Crippen LogP contribution in [0, 0.1) is 17.3 Å². The summed E-state index contributed by atoms with van der Waals surface area (Å²) in [5, 5.41) is 3.54. The second-order valence-corrected chi connectivity index (χ2v) is 9.20. The van der Waals surface area contributed by atoms with Crippen LogP contribution in [0.1, 0.15) is 58.6 Å². The van der Waals surface area contributed by atoms with Gasteiger partial charge in [-0.05, 0) is 37.0 Å². The van der Waals surface area contributed by atoms with Crippen molar-refractivity contribution in [2.75, 3.05) is 5.32 Å². The molecule has 4 atom stereocenters. The Bertz CT molecular complexity index is 857. The van der Waals surface area contributed by atoms with Gasteiger partial charge in [0.05, 0.1) is 6.33 Å². The van der Waals surface area contributed by atoms with Crippen LogP contribution in [0.3, 0.4) is 0 Å². The summed E-state index contributed by atoms with van der Waals surface area (Å²) in [6.07, 6.45) is 10.8. The van der Waals surface area contributed by atoms with E-state index in [4.69, 9.17) is 4.74 Å². The van der Waals surface area contributed by atoms with Crippen LogP contribution in [0.4, 0.5) is 5.82 Å². The van der Waals surface area contributed by atoms with Crippen molar-refractivity contribution in [3.63, 3.8) is 0 Å². The number of anilines is 1. The third-order valence-electron chi connectivity index (χ3n) is 6.67. The molecule has 2 saturated carbocycles. The number of carbonyl (C=O) groups excluding carboxylic acids is 1. The van der Waals surface area contributed by atoms with Gasteiger partial charge in [-0.3, -0.25) is 4.57 Å². The quantitative estimate of drug-likeness (QED) is 0.833. The van der Waals surface area contributed by atoms with Gasteiger partial charge in [0.15, 0.2) is 17.0 Å².